The molecule has 9 heavy (non-hydrogen) atoms. The fourth-order valence-corrected chi connectivity index (χ4v) is 0.754. The van der Waals surface area contributed by atoms with Crippen molar-refractivity contribution in [3.05, 3.63) is 0 Å². The molecular formula is C6H12BrNO. The molecule has 3 heteroatoms. The number of hydrogen-bond donors (Lipinski definition) is 1. The van der Waals surface area contributed by atoms with Crippen LogP contribution in [0.3, 0.4) is 0 Å². The second kappa shape index (κ2) is 3.32. The van der Waals surface area contributed by atoms with E-state index in [9.17, 15) is 4.79 Å². The predicted octanol–water partition coefficient (Wildman–Crippen LogP) is 1.08. The molecule has 0 saturated carbocycles. The van der Waals surface area contributed by atoms with Gasteiger partial charge < -0.3 is 5.73 Å². The molecule has 0 bridgehead atoms. The first kappa shape index (κ1) is 9.11. The first-order valence-electron chi connectivity index (χ1n) is 2.82. The van der Waals surface area contributed by atoms with Crippen LogP contribution in [0.1, 0.15) is 20.3 Å². The van der Waals surface area contributed by atoms with Crippen LogP contribution in [0.4, 0.5) is 0 Å². The lowest BCUT2D eigenvalue weighted by Crippen LogP contribution is -2.34. The van der Waals surface area contributed by atoms with Crippen LogP contribution in [0, 0.1) is 0 Å². The maximum atomic E-state index is 10.7. The van der Waals surface area contributed by atoms with Crippen LogP contribution < -0.4 is 5.73 Å². The summed E-state index contributed by atoms with van der Waals surface area (Å²) in [6, 6.07) is 0. The topological polar surface area (TPSA) is 43.1 Å². The zero-order valence-corrected chi connectivity index (χ0v) is 7.36. The number of ketones is 1. The number of halogens is 1. The minimum Gasteiger partial charge on any atom is -0.325 e. The van der Waals surface area contributed by atoms with Gasteiger partial charge >= 0.3 is 0 Å². The van der Waals surface area contributed by atoms with E-state index >= 15 is 0 Å². The van der Waals surface area contributed by atoms with Crippen molar-refractivity contribution in [3.63, 3.8) is 0 Å². The average molecular weight is 194 g/mol. The third-order valence-electron chi connectivity index (χ3n) is 0.802. The van der Waals surface area contributed by atoms with E-state index in [1.165, 1.54) is 0 Å². The fourth-order valence-electron chi connectivity index (χ4n) is 0.555. The number of carbonyl (C=O) groups excluding carboxylic acids is 1. The molecule has 0 heterocycles. The average Bonchev–Trinajstić information content (AvgIpc) is 1.62. The standard InChI is InChI=1S/C6H12BrNO/c1-6(2,8)3-5(9)4-7/h3-4,8H2,1-2H3. The van der Waals surface area contributed by atoms with Crippen molar-refractivity contribution < 1.29 is 4.79 Å². The van der Waals surface area contributed by atoms with Gasteiger partial charge in [0.25, 0.3) is 0 Å². The van der Waals surface area contributed by atoms with Crippen molar-refractivity contribution in [3.8, 4) is 0 Å². The Morgan fingerprint density at radius 3 is 2.22 bits per heavy atom. The second-order valence-electron chi connectivity index (χ2n) is 2.84. The summed E-state index contributed by atoms with van der Waals surface area (Å²) in [7, 11) is 0. The van der Waals surface area contributed by atoms with Crippen LogP contribution in [0.25, 0.3) is 0 Å². The molecule has 0 aliphatic rings. The summed E-state index contributed by atoms with van der Waals surface area (Å²) in [5.74, 6) is 0.155. The van der Waals surface area contributed by atoms with Crippen LogP contribution in [0.15, 0.2) is 0 Å². The Labute approximate surface area is 63.9 Å². The van der Waals surface area contributed by atoms with Crippen molar-refractivity contribution in [1.29, 1.82) is 0 Å². The largest absolute Gasteiger partial charge is 0.325 e. The summed E-state index contributed by atoms with van der Waals surface area (Å²) in [6.07, 6.45) is 0.443. The lowest BCUT2D eigenvalue weighted by Gasteiger charge is -2.15. The molecular weight excluding hydrogens is 182 g/mol. The molecule has 2 nitrogen and oxygen atoms in total. The maximum Gasteiger partial charge on any atom is 0.145 e. The highest BCUT2D eigenvalue weighted by atomic mass is 79.9. The van der Waals surface area contributed by atoms with Crippen molar-refractivity contribution >= 4 is 21.7 Å². The highest BCUT2D eigenvalue weighted by molar-refractivity contribution is 9.09. The van der Waals surface area contributed by atoms with E-state index in [-0.39, 0.29) is 11.3 Å². The minimum absolute atomic E-state index is 0.155. The highest BCUT2D eigenvalue weighted by Crippen LogP contribution is 2.04. The summed E-state index contributed by atoms with van der Waals surface area (Å²) >= 11 is 3.06. The molecule has 0 aromatic heterocycles. The smallest absolute Gasteiger partial charge is 0.145 e. The number of hydrogen-bond acceptors (Lipinski definition) is 2. The Hall–Kier alpha value is 0.110. The number of rotatable bonds is 3. The number of nitrogens with two attached hydrogens (primary N) is 1. The third-order valence-corrected chi connectivity index (χ3v) is 1.43. The number of alkyl halides is 1. The Kier molecular flexibility index (Phi) is 3.36. The minimum atomic E-state index is -0.356. The Morgan fingerprint density at radius 1 is 1.67 bits per heavy atom. The first-order valence-corrected chi connectivity index (χ1v) is 3.94. The predicted molar refractivity (Wildman–Crippen MR) is 41.7 cm³/mol. The van der Waals surface area contributed by atoms with Crippen LogP contribution in [-0.2, 0) is 4.79 Å². The summed E-state index contributed by atoms with van der Waals surface area (Å²) in [5.41, 5.74) is 5.21. The highest BCUT2D eigenvalue weighted by Gasteiger charge is 2.14. The molecule has 0 amide bonds. The second-order valence-corrected chi connectivity index (χ2v) is 3.40. The SMILES string of the molecule is CC(C)(N)CC(=O)CBr. The maximum absolute atomic E-state index is 10.7. The van der Waals surface area contributed by atoms with Crippen molar-refractivity contribution in [2.75, 3.05) is 5.33 Å². The zero-order valence-electron chi connectivity index (χ0n) is 5.78. The molecule has 0 radical (unpaired) electrons. The van der Waals surface area contributed by atoms with Gasteiger partial charge in [0.1, 0.15) is 5.78 Å². The van der Waals surface area contributed by atoms with E-state index in [1.807, 2.05) is 13.8 Å². The Morgan fingerprint density at radius 2 is 2.11 bits per heavy atom. The summed E-state index contributed by atoms with van der Waals surface area (Å²) < 4.78 is 0. The Bertz CT molecular complexity index is 106. The van der Waals surface area contributed by atoms with E-state index in [4.69, 9.17) is 5.73 Å². The van der Waals surface area contributed by atoms with Gasteiger partial charge in [0.2, 0.25) is 0 Å². The molecule has 0 unspecified atom stereocenters. The molecule has 0 rings (SSSR count). The van der Waals surface area contributed by atoms with E-state index in [0.717, 1.165) is 0 Å². The zero-order chi connectivity index (χ0) is 7.49. The molecule has 0 atom stereocenters. The molecule has 54 valence electrons. The van der Waals surface area contributed by atoms with Crippen molar-refractivity contribution in [2.45, 2.75) is 25.8 Å². The Balaban J connectivity index is 3.60. The van der Waals surface area contributed by atoms with Gasteiger partial charge in [-0.3, -0.25) is 4.79 Å². The number of carbonyl (C=O) groups is 1. The molecule has 0 aromatic rings. The quantitative estimate of drug-likeness (QED) is 0.683. The van der Waals surface area contributed by atoms with E-state index in [1.54, 1.807) is 0 Å². The summed E-state index contributed by atoms with van der Waals surface area (Å²) in [5, 5.41) is 0.410. The van der Waals surface area contributed by atoms with Crippen LogP contribution in [0.2, 0.25) is 0 Å². The molecule has 0 spiro atoms. The van der Waals surface area contributed by atoms with Gasteiger partial charge in [0.15, 0.2) is 0 Å². The first-order chi connectivity index (χ1) is 3.95. The van der Waals surface area contributed by atoms with Crippen molar-refractivity contribution in [1.82, 2.24) is 0 Å². The lowest BCUT2D eigenvalue weighted by molar-refractivity contribution is -0.117. The van der Waals surface area contributed by atoms with Gasteiger partial charge in [-0.25, -0.2) is 0 Å². The lowest BCUT2D eigenvalue weighted by atomic mass is 10.0. The monoisotopic (exact) mass is 193 g/mol. The summed E-state index contributed by atoms with van der Waals surface area (Å²) in [4.78, 5) is 10.7. The third kappa shape index (κ3) is 5.99. The van der Waals surface area contributed by atoms with Crippen LogP contribution in [0.5, 0.6) is 0 Å². The van der Waals surface area contributed by atoms with Crippen LogP contribution in [-0.4, -0.2) is 16.7 Å². The van der Waals surface area contributed by atoms with E-state index < -0.39 is 0 Å². The van der Waals surface area contributed by atoms with Gasteiger partial charge in [0.05, 0.1) is 5.33 Å². The van der Waals surface area contributed by atoms with E-state index in [2.05, 4.69) is 15.9 Å². The van der Waals surface area contributed by atoms with Gasteiger partial charge in [-0.05, 0) is 13.8 Å². The molecule has 0 fully saturated rings. The van der Waals surface area contributed by atoms with Gasteiger partial charge in [-0.1, -0.05) is 15.9 Å². The van der Waals surface area contributed by atoms with Crippen LogP contribution >= 0.6 is 15.9 Å². The summed E-state index contributed by atoms with van der Waals surface area (Å²) in [6.45, 7) is 3.68. The molecule has 0 aromatic carbocycles. The molecule has 0 saturated heterocycles. The molecule has 2 N–H and O–H groups in total. The van der Waals surface area contributed by atoms with Crippen molar-refractivity contribution in [2.24, 2.45) is 5.73 Å². The normalized spacial score (nSPS) is 11.6. The fraction of sp³-hybridized carbons (Fsp3) is 0.833. The van der Waals surface area contributed by atoms with E-state index in [0.29, 0.717) is 11.8 Å². The molecule has 0 aliphatic heterocycles. The van der Waals surface area contributed by atoms with Gasteiger partial charge in [-0.15, -0.1) is 0 Å². The van der Waals surface area contributed by atoms with Gasteiger partial charge in [-0.2, -0.15) is 0 Å². The molecule has 0 aliphatic carbocycles. The van der Waals surface area contributed by atoms with Gasteiger partial charge in [0, 0.05) is 12.0 Å². The number of Topliss-reactive ketones (excluding diaryl/α,β-unsaturated/α-hetero) is 1.